The summed E-state index contributed by atoms with van der Waals surface area (Å²) in [6.45, 7) is 0. The molecule has 3 rings (SSSR count). The lowest BCUT2D eigenvalue weighted by Crippen LogP contribution is -2.11. The van der Waals surface area contributed by atoms with Crippen LogP contribution in [0.4, 0.5) is 0 Å². The highest BCUT2D eigenvalue weighted by molar-refractivity contribution is 5.70. The summed E-state index contributed by atoms with van der Waals surface area (Å²) in [6, 6.07) is 4.36. The molecule has 0 spiro atoms. The van der Waals surface area contributed by atoms with Crippen molar-refractivity contribution in [1.29, 1.82) is 0 Å². The molecule has 0 radical (unpaired) electrons. The van der Waals surface area contributed by atoms with Gasteiger partial charge in [0.25, 0.3) is 0 Å². The van der Waals surface area contributed by atoms with Crippen LogP contribution >= 0.6 is 0 Å². The predicted octanol–water partition coefficient (Wildman–Crippen LogP) is 3.86. The zero-order valence-corrected chi connectivity index (χ0v) is 15.1. The highest BCUT2D eigenvalue weighted by Gasteiger charge is 2.21. The van der Waals surface area contributed by atoms with Gasteiger partial charge in [-0.15, -0.1) is 0 Å². The summed E-state index contributed by atoms with van der Waals surface area (Å²) in [6.07, 6.45) is 6.59. The first-order valence-electron chi connectivity index (χ1n) is 8.84. The SMILES string of the molecule is COc1cc(-c2oc(CC3CCCCC3)cc(=O)c2O)cc(OC)c1O. The second-order valence-corrected chi connectivity index (χ2v) is 6.69. The number of phenols is 1. The summed E-state index contributed by atoms with van der Waals surface area (Å²) < 4.78 is 16.2. The minimum Gasteiger partial charge on any atom is -0.502 e. The number of hydrogen-bond donors (Lipinski definition) is 2. The second kappa shape index (κ2) is 7.72. The summed E-state index contributed by atoms with van der Waals surface area (Å²) in [5.41, 5.74) is -0.0836. The van der Waals surface area contributed by atoms with Crippen molar-refractivity contribution in [1.82, 2.24) is 0 Å². The van der Waals surface area contributed by atoms with Crippen molar-refractivity contribution in [3.63, 3.8) is 0 Å². The predicted molar refractivity (Wildman–Crippen MR) is 97.1 cm³/mol. The molecule has 1 heterocycles. The summed E-state index contributed by atoms with van der Waals surface area (Å²) in [4.78, 5) is 12.2. The van der Waals surface area contributed by atoms with Crippen LogP contribution in [0.25, 0.3) is 11.3 Å². The van der Waals surface area contributed by atoms with Crippen molar-refractivity contribution in [3.8, 4) is 34.3 Å². The van der Waals surface area contributed by atoms with E-state index in [4.69, 9.17) is 13.9 Å². The largest absolute Gasteiger partial charge is 0.502 e. The number of hydrogen-bond acceptors (Lipinski definition) is 6. The maximum Gasteiger partial charge on any atom is 0.227 e. The standard InChI is InChI=1S/C20H24O6/c1-24-16-9-13(10-17(25-2)19(16)23)20-18(22)15(21)11-14(26-20)8-12-6-4-3-5-7-12/h9-12,22-23H,3-8H2,1-2H3. The van der Waals surface area contributed by atoms with E-state index in [9.17, 15) is 15.0 Å². The normalized spacial score (nSPS) is 15.0. The van der Waals surface area contributed by atoms with E-state index in [1.54, 1.807) is 0 Å². The minimum absolute atomic E-state index is 0.0555. The molecular weight excluding hydrogens is 336 g/mol. The van der Waals surface area contributed by atoms with E-state index in [2.05, 4.69) is 0 Å². The van der Waals surface area contributed by atoms with Crippen molar-refractivity contribution >= 4 is 0 Å². The van der Waals surface area contributed by atoms with Crippen LogP contribution in [0.3, 0.4) is 0 Å². The highest BCUT2D eigenvalue weighted by Crippen LogP contribution is 2.42. The molecule has 0 saturated heterocycles. The van der Waals surface area contributed by atoms with Gasteiger partial charge in [-0.3, -0.25) is 4.79 Å². The van der Waals surface area contributed by atoms with Crippen molar-refractivity contribution in [2.75, 3.05) is 14.2 Å². The van der Waals surface area contributed by atoms with Crippen molar-refractivity contribution < 1.29 is 24.1 Å². The second-order valence-electron chi connectivity index (χ2n) is 6.69. The number of methoxy groups -OCH3 is 2. The summed E-state index contributed by atoms with van der Waals surface area (Å²) >= 11 is 0. The van der Waals surface area contributed by atoms with Gasteiger partial charge in [0.1, 0.15) is 5.76 Å². The van der Waals surface area contributed by atoms with E-state index in [0.29, 0.717) is 23.7 Å². The Morgan fingerprint density at radius 1 is 1.00 bits per heavy atom. The van der Waals surface area contributed by atoms with Gasteiger partial charge in [0.05, 0.1) is 14.2 Å². The fourth-order valence-electron chi connectivity index (χ4n) is 3.53. The molecule has 1 saturated carbocycles. The van der Waals surface area contributed by atoms with Crippen LogP contribution in [0.15, 0.2) is 27.4 Å². The first-order valence-corrected chi connectivity index (χ1v) is 8.84. The van der Waals surface area contributed by atoms with E-state index in [-0.39, 0.29) is 23.0 Å². The molecule has 1 aliphatic carbocycles. The molecule has 140 valence electrons. The molecule has 6 heteroatoms. The topological polar surface area (TPSA) is 89.1 Å². The zero-order valence-electron chi connectivity index (χ0n) is 15.1. The molecule has 1 aromatic heterocycles. The smallest absolute Gasteiger partial charge is 0.227 e. The van der Waals surface area contributed by atoms with Crippen molar-refractivity contribution in [2.24, 2.45) is 5.92 Å². The van der Waals surface area contributed by atoms with Gasteiger partial charge in [-0.2, -0.15) is 0 Å². The Labute approximate surface area is 152 Å². The number of rotatable bonds is 5. The van der Waals surface area contributed by atoms with E-state index in [0.717, 1.165) is 12.8 Å². The first kappa shape index (κ1) is 18.2. The average Bonchev–Trinajstić information content (AvgIpc) is 2.65. The van der Waals surface area contributed by atoms with E-state index >= 15 is 0 Å². The molecule has 6 nitrogen and oxygen atoms in total. The van der Waals surface area contributed by atoms with Crippen LogP contribution in [0, 0.1) is 5.92 Å². The van der Waals surface area contributed by atoms with Crippen LogP contribution in [-0.4, -0.2) is 24.4 Å². The lowest BCUT2D eigenvalue weighted by molar-refractivity contribution is 0.328. The van der Waals surface area contributed by atoms with Gasteiger partial charge >= 0.3 is 0 Å². The maximum atomic E-state index is 12.2. The lowest BCUT2D eigenvalue weighted by atomic mass is 9.86. The number of aromatic hydroxyl groups is 2. The average molecular weight is 360 g/mol. The third-order valence-electron chi connectivity index (χ3n) is 4.93. The molecule has 0 amide bonds. The van der Waals surface area contributed by atoms with Crippen molar-refractivity contribution in [3.05, 3.63) is 34.2 Å². The summed E-state index contributed by atoms with van der Waals surface area (Å²) in [5.74, 6) is 0.818. The maximum absolute atomic E-state index is 12.2. The van der Waals surface area contributed by atoms with E-state index in [1.165, 1.54) is 51.7 Å². The van der Waals surface area contributed by atoms with Gasteiger partial charge in [0.15, 0.2) is 17.3 Å². The number of ether oxygens (including phenoxy) is 2. The first-order chi connectivity index (χ1) is 12.5. The minimum atomic E-state index is -0.483. The quantitative estimate of drug-likeness (QED) is 0.842. The summed E-state index contributed by atoms with van der Waals surface area (Å²) in [7, 11) is 2.82. The van der Waals surface area contributed by atoms with Gasteiger partial charge in [0.2, 0.25) is 16.9 Å². The van der Waals surface area contributed by atoms with E-state index in [1.807, 2.05) is 0 Å². The van der Waals surface area contributed by atoms with Crippen LogP contribution in [0.1, 0.15) is 37.9 Å². The zero-order chi connectivity index (χ0) is 18.7. The van der Waals surface area contributed by atoms with Crippen LogP contribution in [-0.2, 0) is 6.42 Å². The van der Waals surface area contributed by atoms with Gasteiger partial charge in [-0.25, -0.2) is 0 Å². The lowest BCUT2D eigenvalue weighted by Gasteiger charge is -2.21. The highest BCUT2D eigenvalue weighted by atomic mass is 16.5. The van der Waals surface area contributed by atoms with Gasteiger partial charge in [-0.1, -0.05) is 32.1 Å². The Kier molecular flexibility index (Phi) is 5.40. The van der Waals surface area contributed by atoms with E-state index < -0.39 is 11.2 Å². The molecule has 1 fully saturated rings. The van der Waals surface area contributed by atoms with Crippen LogP contribution in [0.5, 0.6) is 23.0 Å². The van der Waals surface area contributed by atoms with Crippen LogP contribution < -0.4 is 14.9 Å². The Morgan fingerprint density at radius 2 is 1.62 bits per heavy atom. The van der Waals surface area contributed by atoms with Gasteiger partial charge in [-0.05, 0) is 18.1 Å². The summed E-state index contributed by atoms with van der Waals surface area (Å²) in [5, 5.41) is 20.3. The Hall–Kier alpha value is -2.63. The Morgan fingerprint density at radius 3 is 2.19 bits per heavy atom. The monoisotopic (exact) mass is 360 g/mol. The Balaban J connectivity index is 2.02. The molecule has 2 N–H and O–H groups in total. The molecule has 26 heavy (non-hydrogen) atoms. The molecule has 1 aromatic carbocycles. The fraction of sp³-hybridized carbons (Fsp3) is 0.450. The molecule has 0 atom stereocenters. The molecule has 0 bridgehead atoms. The third kappa shape index (κ3) is 3.64. The van der Waals surface area contributed by atoms with Crippen LogP contribution in [0.2, 0.25) is 0 Å². The molecule has 0 unspecified atom stereocenters. The number of benzene rings is 1. The fourth-order valence-corrected chi connectivity index (χ4v) is 3.53. The molecular formula is C20H24O6. The molecule has 2 aromatic rings. The number of phenolic OH excluding ortho intramolecular Hbond substituents is 1. The van der Waals surface area contributed by atoms with Gasteiger partial charge < -0.3 is 24.1 Å². The molecule has 0 aliphatic heterocycles. The Bertz CT molecular complexity index is 808. The third-order valence-corrected chi connectivity index (χ3v) is 4.93. The van der Waals surface area contributed by atoms with Crippen molar-refractivity contribution in [2.45, 2.75) is 38.5 Å². The molecule has 1 aliphatic rings. The van der Waals surface area contributed by atoms with Gasteiger partial charge in [0, 0.05) is 18.1 Å².